The highest BCUT2D eigenvalue weighted by atomic mass is 16.6. The number of carbonyl (C=O) groups is 6. The molecule has 0 saturated carbocycles. The lowest BCUT2D eigenvalue weighted by atomic mass is 10.1. The van der Waals surface area contributed by atoms with Crippen molar-refractivity contribution >= 4 is 36.1 Å². The van der Waals surface area contributed by atoms with Crippen LogP contribution in [0.25, 0.3) is 0 Å². The van der Waals surface area contributed by atoms with E-state index in [2.05, 4.69) is 33.3 Å². The second-order valence-electron chi connectivity index (χ2n) is 6.86. The fourth-order valence-electron chi connectivity index (χ4n) is 2.34. The summed E-state index contributed by atoms with van der Waals surface area (Å²) in [4.78, 5) is 67.9. The molecule has 1 aromatic rings. The van der Waals surface area contributed by atoms with E-state index < -0.39 is 49.3 Å². The molecule has 14 nitrogen and oxygen atoms in total. The van der Waals surface area contributed by atoms with Crippen LogP contribution in [0.15, 0.2) is 49.6 Å². The molecule has 0 aliphatic rings. The summed E-state index contributed by atoms with van der Waals surface area (Å²) in [6.07, 6.45) is 0.320. The van der Waals surface area contributed by atoms with E-state index in [0.717, 1.165) is 12.2 Å². The summed E-state index contributed by atoms with van der Waals surface area (Å²) in [6.45, 7) is 4.61. The van der Waals surface area contributed by atoms with Crippen LogP contribution in [0.4, 0.5) is 9.59 Å². The molecule has 0 spiro atoms. The van der Waals surface area contributed by atoms with Gasteiger partial charge in [0.25, 0.3) is 0 Å². The molecule has 0 aliphatic carbocycles. The third-order valence-corrected chi connectivity index (χ3v) is 4.02. The second-order valence-corrected chi connectivity index (χ2v) is 6.86. The molecule has 0 heterocycles. The van der Waals surface area contributed by atoms with Crippen molar-refractivity contribution in [3.63, 3.8) is 0 Å². The van der Waals surface area contributed by atoms with Crippen LogP contribution in [0, 0.1) is 0 Å². The van der Waals surface area contributed by atoms with Gasteiger partial charge in [0.2, 0.25) is 0 Å². The Balaban J connectivity index is 2.21. The molecular weight excluding hydrogens is 508 g/mol. The summed E-state index contributed by atoms with van der Waals surface area (Å²) >= 11 is 0. The normalized spacial score (nSPS) is 9.68. The summed E-state index contributed by atoms with van der Waals surface area (Å²) < 4.78 is 28.2. The third kappa shape index (κ3) is 15.2. The summed E-state index contributed by atoms with van der Waals surface area (Å²) in [5.74, 6) is -3.13. The minimum absolute atomic E-state index is 0.127. The summed E-state index contributed by atoms with van der Waals surface area (Å²) in [5.41, 5.74) is 1.43. The molecule has 0 aliphatic heterocycles. The summed E-state index contributed by atoms with van der Waals surface area (Å²) in [7, 11) is 0. The van der Waals surface area contributed by atoms with Gasteiger partial charge in [-0.15, -0.1) is 0 Å². The number of carbonyl (C=O) groups excluding carboxylic acids is 6. The molecule has 38 heavy (non-hydrogen) atoms. The van der Waals surface area contributed by atoms with Crippen LogP contribution in [0.3, 0.4) is 0 Å². The summed E-state index contributed by atoms with van der Waals surface area (Å²) in [5, 5.41) is 5.04. The number of esters is 4. The van der Waals surface area contributed by atoms with E-state index in [4.69, 9.17) is 18.9 Å². The first-order chi connectivity index (χ1) is 18.2. The average molecular weight is 536 g/mol. The van der Waals surface area contributed by atoms with Crippen LogP contribution in [-0.4, -0.2) is 75.7 Å². The zero-order chi connectivity index (χ0) is 28.2. The largest absolute Gasteiger partial charge is 0.460 e. The third-order valence-electron chi connectivity index (χ3n) is 4.02. The van der Waals surface area contributed by atoms with Crippen molar-refractivity contribution in [3.8, 4) is 0 Å². The van der Waals surface area contributed by atoms with Crippen molar-refractivity contribution in [3.05, 3.63) is 60.7 Å². The molecule has 0 fully saturated rings. The lowest BCUT2D eigenvalue weighted by Gasteiger charge is -2.10. The van der Waals surface area contributed by atoms with Gasteiger partial charge in [-0.1, -0.05) is 37.4 Å². The predicted molar refractivity (Wildman–Crippen MR) is 127 cm³/mol. The standard InChI is InChI=1S/C24H28N2O12/c1-3-19(27)37-15-21(29)33-8-10-35-23(31)25-13-17-6-5-7-18(12-17)14-26-24(32)36-11-9-34-22(30)16-38-20(28)4-2/h3-7,12H,1-2,8-11,13-16H2,(H,25,31)(H,26,32). The zero-order valence-corrected chi connectivity index (χ0v) is 20.4. The maximum atomic E-state index is 11.8. The maximum absolute atomic E-state index is 11.8. The molecule has 1 aromatic carbocycles. The van der Waals surface area contributed by atoms with Crippen LogP contribution in [0.5, 0.6) is 0 Å². The number of nitrogens with one attached hydrogen (secondary N) is 2. The van der Waals surface area contributed by atoms with E-state index in [9.17, 15) is 28.8 Å². The van der Waals surface area contributed by atoms with Crippen LogP contribution in [-0.2, 0) is 60.7 Å². The van der Waals surface area contributed by atoms with Gasteiger partial charge in [-0.05, 0) is 11.1 Å². The van der Waals surface area contributed by atoms with Gasteiger partial charge < -0.3 is 39.1 Å². The van der Waals surface area contributed by atoms with Gasteiger partial charge in [-0.3, -0.25) is 0 Å². The van der Waals surface area contributed by atoms with Crippen LogP contribution in [0.1, 0.15) is 11.1 Å². The molecule has 0 saturated heterocycles. The molecule has 0 atom stereocenters. The van der Waals surface area contributed by atoms with E-state index in [0.29, 0.717) is 11.1 Å². The minimum Gasteiger partial charge on any atom is -0.460 e. The quantitative estimate of drug-likeness (QED) is 0.131. The fourth-order valence-corrected chi connectivity index (χ4v) is 2.34. The highest BCUT2D eigenvalue weighted by Crippen LogP contribution is 2.05. The van der Waals surface area contributed by atoms with Gasteiger partial charge in [-0.2, -0.15) is 0 Å². The van der Waals surface area contributed by atoms with Crippen molar-refractivity contribution in [2.45, 2.75) is 13.1 Å². The van der Waals surface area contributed by atoms with Crippen molar-refractivity contribution in [2.75, 3.05) is 39.6 Å². The van der Waals surface area contributed by atoms with Gasteiger partial charge in [-0.25, -0.2) is 28.8 Å². The lowest BCUT2D eigenvalue weighted by Crippen LogP contribution is -2.27. The number of alkyl carbamates (subject to hydrolysis) is 2. The smallest absolute Gasteiger partial charge is 0.407 e. The first-order valence-corrected chi connectivity index (χ1v) is 11.0. The van der Waals surface area contributed by atoms with Crippen molar-refractivity contribution < 1.29 is 57.2 Å². The Morgan fingerprint density at radius 1 is 0.632 bits per heavy atom. The fraction of sp³-hybridized carbons (Fsp3) is 0.333. The van der Waals surface area contributed by atoms with Gasteiger partial charge in [0.05, 0.1) is 0 Å². The molecule has 1 rings (SSSR count). The first kappa shape index (κ1) is 31.2. The highest BCUT2D eigenvalue weighted by molar-refractivity contribution is 5.84. The average Bonchev–Trinajstić information content (AvgIpc) is 2.92. The van der Waals surface area contributed by atoms with Crippen LogP contribution in [0.2, 0.25) is 0 Å². The van der Waals surface area contributed by atoms with Crippen LogP contribution >= 0.6 is 0 Å². The van der Waals surface area contributed by atoms with Crippen molar-refractivity contribution in [1.29, 1.82) is 0 Å². The number of benzene rings is 1. The van der Waals surface area contributed by atoms with Gasteiger partial charge in [0, 0.05) is 25.2 Å². The molecule has 2 amide bonds. The molecule has 14 heteroatoms. The maximum Gasteiger partial charge on any atom is 0.407 e. The Hall–Kier alpha value is -4.88. The molecule has 0 radical (unpaired) electrons. The van der Waals surface area contributed by atoms with E-state index >= 15 is 0 Å². The predicted octanol–water partition coefficient (Wildman–Crippen LogP) is 0.684. The second kappa shape index (κ2) is 18.4. The Kier molecular flexibility index (Phi) is 15.1. The molecular formula is C24H28N2O12. The van der Waals surface area contributed by atoms with Gasteiger partial charge in [0.15, 0.2) is 13.2 Å². The van der Waals surface area contributed by atoms with Gasteiger partial charge in [0.1, 0.15) is 26.4 Å². The van der Waals surface area contributed by atoms with Crippen molar-refractivity contribution in [2.24, 2.45) is 0 Å². The minimum atomic E-state index is -0.800. The number of hydrogen-bond donors (Lipinski definition) is 2. The Labute approximate surface area is 217 Å². The van der Waals surface area contributed by atoms with E-state index in [1.807, 2.05) is 0 Å². The molecule has 2 N–H and O–H groups in total. The monoisotopic (exact) mass is 536 g/mol. The summed E-state index contributed by atoms with van der Waals surface area (Å²) in [6, 6.07) is 6.95. The number of ether oxygens (including phenoxy) is 6. The van der Waals surface area contributed by atoms with E-state index in [1.54, 1.807) is 24.3 Å². The zero-order valence-electron chi connectivity index (χ0n) is 20.4. The number of amides is 2. The molecule has 206 valence electrons. The van der Waals surface area contributed by atoms with Gasteiger partial charge >= 0.3 is 36.1 Å². The topological polar surface area (TPSA) is 182 Å². The molecule has 0 bridgehead atoms. The SMILES string of the molecule is C=CC(=O)OCC(=O)OCCOC(=O)NCc1cccc(CNC(=O)OCCOC(=O)COC(=O)C=C)c1. The van der Waals surface area contributed by atoms with Crippen LogP contribution < -0.4 is 10.6 Å². The lowest BCUT2D eigenvalue weighted by molar-refractivity contribution is -0.156. The molecule has 0 aromatic heterocycles. The Morgan fingerprint density at radius 3 is 1.42 bits per heavy atom. The molecule has 0 unspecified atom stereocenters. The highest BCUT2D eigenvalue weighted by Gasteiger charge is 2.09. The van der Waals surface area contributed by atoms with E-state index in [1.165, 1.54) is 0 Å². The number of hydrogen-bond acceptors (Lipinski definition) is 12. The first-order valence-electron chi connectivity index (χ1n) is 11.0. The number of rotatable bonds is 16. The Morgan fingerprint density at radius 2 is 1.03 bits per heavy atom. The Bertz CT molecular complexity index is 933. The van der Waals surface area contributed by atoms with Crippen molar-refractivity contribution in [1.82, 2.24) is 10.6 Å². The van der Waals surface area contributed by atoms with E-state index in [-0.39, 0.29) is 39.5 Å².